The predicted octanol–water partition coefficient (Wildman–Crippen LogP) is -5.40. The molecular formula is C29H51O17+. The lowest BCUT2D eigenvalue weighted by molar-refractivity contribution is -0.368. The van der Waals surface area contributed by atoms with Crippen molar-refractivity contribution in [2.75, 3.05) is 27.4 Å². The van der Waals surface area contributed by atoms with Gasteiger partial charge < -0.3 is 84.2 Å². The van der Waals surface area contributed by atoms with Crippen LogP contribution in [0.3, 0.4) is 0 Å². The Hall–Kier alpha value is -0.680. The van der Waals surface area contributed by atoms with Gasteiger partial charge in [-0.3, -0.25) is 0 Å². The molecule has 0 aromatic rings. The van der Waals surface area contributed by atoms with Gasteiger partial charge in [0.2, 0.25) is 0 Å². The molecule has 8 unspecified atom stereocenters. The normalized spacial score (nSPS) is 53.5. The summed E-state index contributed by atoms with van der Waals surface area (Å²) in [6, 6.07) is 0. The molecule has 46 heavy (non-hydrogen) atoms. The maximum atomic E-state index is 10.9. The zero-order valence-electron chi connectivity index (χ0n) is 25.9. The summed E-state index contributed by atoms with van der Waals surface area (Å²) >= 11 is 0. The first kappa shape index (κ1) is 36.6. The standard InChI is InChI=1S/C29H50O17/c1-40-15-3-10(4-16(41-2)20(15)33)27-17(44-29-26(39)24(37)22(35)19(9-31)46-29)7-12-13(42-27)5-11(32)6-14(12)43-28-25(38)23(36)21(34)18(8-30)45-28/h10-39H,3-9H2,1-2H3/p+1/t10?,11?,12?,13?,14?,15?,16?,17?,18-,19-,20?,21-,22-,23+,24+,25-,26-,27?,28+,29+/m1/s1. The number of ether oxygens (including phenoxy) is 7. The molecule has 18 atom stereocenters. The lowest BCUT2D eigenvalue weighted by atomic mass is 9.72. The molecule has 0 bridgehead atoms. The molecule has 0 amide bonds. The van der Waals surface area contributed by atoms with Crippen LogP contribution in [0.15, 0.2) is 0 Å². The Morgan fingerprint density at radius 2 is 1.07 bits per heavy atom. The lowest BCUT2D eigenvalue weighted by Crippen LogP contribution is -2.64. The second-order valence-electron chi connectivity index (χ2n) is 13.2. The van der Waals surface area contributed by atoms with E-state index in [9.17, 15) is 51.1 Å². The summed E-state index contributed by atoms with van der Waals surface area (Å²) < 4.78 is 40.0. The third kappa shape index (κ3) is 7.27. The van der Waals surface area contributed by atoms with Crippen LogP contribution in [-0.4, -0.2) is 193 Å². The van der Waals surface area contributed by atoms with E-state index >= 15 is 0 Å². The SMILES string of the molecule is COC1CC(C2[OH+]C3CC(O)CC(O[C@H]4O[C@H](CO)[C@@H](O)[C@H](O)[C@H]4O)C3CC2O[C@H]2O[C@H](CO)[C@@H](O)[C@H](O)[C@H]2O)CC(OC)C1O. The quantitative estimate of drug-likeness (QED) is 0.103. The Kier molecular flexibility index (Phi) is 12.3. The smallest absolute Gasteiger partial charge is 0.187 e. The van der Waals surface area contributed by atoms with E-state index in [1.807, 2.05) is 0 Å². The topological polar surface area (TPSA) is 270 Å². The molecule has 0 spiro atoms. The van der Waals surface area contributed by atoms with Gasteiger partial charge >= 0.3 is 0 Å². The summed E-state index contributed by atoms with van der Waals surface area (Å²) in [5.41, 5.74) is 0. The van der Waals surface area contributed by atoms with Crippen molar-refractivity contribution in [3.63, 3.8) is 0 Å². The van der Waals surface area contributed by atoms with Crippen molar-refractivity contribution < 1.29 is 84.2 Å². The molecule has 5 aliphatic rings. The summed E-state index contributed by atoms with van der Waals surface area (Å²) in [5, 5.41) is 104. The van der Waals surface area contributed by atoms with Crippen LogP contribution in [0.2, 0.25) is 0 Å². The van der Waals surface area contributed by atoms with Crippen molar-refractivity contribution in [3.05, 3.63) is 0 Å². The number of aliphatic hydroxyl groups is 12. The van der Waals surface area contributed by atoms with Gasteiger partial charge in [0.1, 0.15) is 61.0 Å². The predicted molar refractivity (Wildman–Crippen MR) is 151 cm³/mol. The second kappa shape index (κ2) is 15.5. The highest BCUT2D eigenvalue weighted by atomic mass is 16.7. The highest BCUT2D eigenvalue weighted by Crippen LogP contribution is 2.44. The number of aliphatic hydroxyl groups excluding tert-OH is 10. The molecule has 17 heteroatoms. The molecular weight excluding hydrogens is 620 g/mol. The van der Waals surface area contributed by atoms with Gasteiger partial charge in [0.15, 0.2) is 24.8 Å². The van der Waals surface area contributed by atoms with E-state index < -0.39 is 129 Å². The zero-order valence-corrected chi connectivity index (χ0v) is 25.9. The Morgan fingerprint density at radius 3 is 1.54 bits per heavy atom. The van der Waals surface area contributed by atoms with Crippen LogP contribution in [0, 0.1) is 11.8 Å². The van der Waals surface area contributed by atoms with Gasteiger partial charge in [-0.05, 0) is 19.3 Å². The third-order valence-corrected chi connectivity index (χ3v) is 10.5. The molecule has 268 valence electrons. The molecule has 3 saturated heterocycles. The fourth-order valence-electron chi connectivity index (χ4n) is 7.83. The Labute approximate surface area is 266 Å². The molecule has 17 nitrogen and oxygen atoms in total. The van der Waals surface area contributed by atoms with Crippen molar-refractivity contribution in [2.24, 2.45) is 11.8 Å². The number of hydrogen-bond donors (Lipinski definition) is 10. The van der Waals surface area contributed by atoms with Gasteiger partial charge in [-0.25, -0.2) is 0 Å². The van der Waals surface area contributed by atoms with Crippen molar-refractivity contribution in [1.29, 1.82) is 0 Å². The van der Waals surface area contributed by atoms with E-state index in [4.69, 9.17) is 33.2 Å². The summed E-state index contributed by atoms with van der Waals surface area (Å²) in [7, 11) is 2.97. The Morgan fingerprint density at radius 1 is 0.565 bits per heavy atom. The molecule has 5 rings (SSSR count). The van der Waals surface area contributed by atoms with Crippen molar-refractivity contribution >= 4 is 0 Å². The fourth-order valence-corrected chi connectivity index (χ4v) is 7.83. The van der Waals surface area contributed by atoms with Gasteiger partial charge in [-0.1, -0.05) is 0 Å². The minimum absolute atomic E-state index is 0.107. The lowest BCUT2D eigenvalue weighted by Gasteiger charge is -2.50. The monoisotopic (exact) mass is 671 g/mol. The summed E-state index contributed by atoms with van der Waals surface area (Å²) in [6.45, 7) is -1.29. The molecule has 0 aromatic heterocycles. The third-order valence-electron chi connectivity index (χ3n) is 10.5. The maximum Gasteiger partial charge on any atom is 0.187 e. The van der Waals surface area contributed by atoms with E-state index in [-0.39, 0.29) is 25.2 Å². The van der Waals surface area contributed by atoms with E-state index in [1.54, 1.807) is 0 Å². The summed E-state index contributed by atoms with van der Waals surface area (Å²) in [6.07, 6.45) is -19.4. The highest BCUT2D eigenvalue weighted by Gasteiger charge is 2.57. The van der Waals surface area contributed by atoms with Gasteiger partial charge in [-0.15, -0.1) is 0 Å². The minimum Gasteiger partial charge on any atom is -0.427 e. The van der Waals surface area contributed by atoms with Crippen LogP contribution in [0.4, 0.5) is 0 Å². The molecule has 0 aromatic carbocycles. The average molecular weight is 672 g/mol. The van der Waals surface area contributed by atoms with Crippen LogP contribution in [0.25, 0.3) is 0 Å². The van der Waals surface area contributed by atoms with Gasteiger partial charge in [-0.2, -0.15) is 0 Å². The molecule has 5 fully saturated rings. The van der Waals surface area contributed by atoms with E-state index in [2.05, 4.69) is 0 Å². The van der Waals surface area contributed by atoms with Crippen molar-refractivity contribution in [1.82, 2.24) is 0 Å². The fraction of sp³-hybridized carbons (Fsp3) is 1.00. The molecule has 2 saturated carbocycles. The second-order valence-corrected chi connectivity index (χ2v) is 13.2. The van der Waals surface area contributed by atoms with Crippen molar-refractivity contribution in [3.8, 4) is 0 Å². The zero-order chi connectivity index (χ0) is 33.4. The Balaban J connectivity index is 1.41. The number of methoxy groups -OCH3 is 2. The Bertz CT molecular complexity index is 945. The highest BCUT2D eigenvalue weighted by molar-refractivity contribution is 5.01. The van der Waals surface area contributed by atoms with Crippen LogP contribution >= 0.6 is 0 Å². The van der Waals surface area contributed by atoms with Crippen LogP contribution < -0.4 is 0 Å². The maximum absolute atomic E-state index is 10.9. The summed E-state index contributed by atoms with van der Waals surface area (Å²) in [5.74, 6) is -0.717. The largest absolute Gasteiger partial charge is 0.427 e. The summed E-state index contributed by atoms with van der Waals surface area (Å²) in [4.78, 5) is 0. The van der Waals surface area contributed by atoms with Gasteiger partial charge in [0.05, 0.1) is 43.5 Å². The van der Waals surface area contributed by atoms with E-state index in [1.165, 1.54) is 14.2 Å². The molecule has 2 aliphatic carbocycles. The first-order chi connectivity index (χ1) is 21.9. The van der Waals surface area contributed by atoms with E-state index in [0.717, 1.165) is 0 Å². The minimum atomic E-state index is -1.67. The average Bonchev–Trinajstić information content (AvgIpc) is 3.05. The van der Waals surface area contributed by atoms with Crippen LogP contribution in [0.1, 0.15) is 32.1 Å². The molecule has 0 radical (unpaired) electrons. The van der Waals surface area contributed by atoms with Crippen molar-refractivity contribution in [2.45, 2.75) is 142 Å². The number of rotatable bonds is 9. The number of fused-ring (bicyclic) bond motifs is 1. The molecule has 3 heterocycles. The molecule has 3 aliphatic heterocycles. The first-order valence-electron chi connectivity index (χ1n) is 16.0. The first-order valence-corrected chi connectivity index (χ1v) is 16.0. The van der Waals surface area contributed by atoms with Crippen LogP contribution in [-0.2, 0) is 28.4 Å². The van der Waals surface area contributed by atoms with Gasteiger partial charge in [0, 0.05) is 33.0 Å². The van der Waals surface area contributed by atoms with Gasteiger partial charge in [0.25, 0.3) is 0 Å². The molecule has 11 N–H and O–H groups in total. The van der Waals surface area contributed by atoms with E-state index in [0.29, 0.717) is 12.8 Å². The van der Waals surface area contributed by atoms with Crippen LogP contribution in [0.5, 0.6) is 0 Å². The number of hydrogen-bond acceptors (Lipinski definition) is 16.